The average Bonchev–Trinajstić information content (AvgIpc) is 3.38. The molecule has 0 aliphatic carbocycles. The Hall–Kier alpha value is -3.57. The second kappa shape index (κ2) is 10.3. The average molecular weight is 527 g/mol. The van der Waals surface area contributed by atoms with Crippen LogP contribution in [-0.4, -0.2) is 15.7 Å². The van der Waals surface area contributed by atoms with Crippen molar-refractivity contribution in [1.29, 1.82) is 0 Å². The fourth-order valence-electron chi connectivity index (χ4n) is 5.62. The lowest BCUT2D eigenvalue weighted by atomic mass is 9.83. The number of amides is 1. The van der Waals surface area contributed by atoms with Crippen LogP contribution in [-0.2, 0) is 11.1 Å². The van der Waals surface area contributed by atoms with Crippen LogP contribution in [0.4, 0.5) is 5.82 Å². The van der Waals surface area contributed by atoms with Crippen molar-refractivity contribution in [1.82, 2.24) is 15.1 Å². The van der Waals surface area contributed by atoms with Crippen LogP contribution in [0.15, 0.2) is 85.1 Å². The summed E-state index contributed by atoms with van der Waals surface area (Å²) < 4.78 is 1.96. The van der Waals surface area contributed by atoms with Gasteiger partial charge in [0.2, 0.25) is 0 Å². The number of carbonyl (C=O) groups excluding carboxylic acids is 1. The molecule has 3 aromatic carbocycles. The van der Waals surface area contributed by atoms with Crippen LogP contribution in [0.5, 0.6) is 0 Å². The van der Waals surface area contributed by atoms with Gasteiger partial charge in [-0.05, 0) is 67.5 Å². The van der Waals surface area contributed by atoms with Gasteiger partial charge in [-0.2, -0.15) is 5.10 Å². The highest BCUT2D eigenvalue weighted by Crippen LogP contribution is 2.40. The van der Waals surface area contributed by atoms with Crippen LogP contribution in [0, 0.1) is 0 Å². The number of nitrogens with one attached hydrogen (secondary N) is 2. The van der Waals surface area contributed by atoms with E-state index in [0.29, 0.717) is 5.56 Å². The van der Waals surface area contributed by atoms with E-state index in [1.54, 1.807) is 6.20 Å². The SMILES string of the molecule is CCC(CC)(NC(=O)c1cnn2c1NC(c1ccccc1)CC2(C)C)c1ccc(-c2ccc(Cl)cc2)cc1. The maximum atomic E-state index is 13.8. The largest absolute Gasteiger partial charge is 0.363 e. The molecule has 1 aliphatic heterocycles. The molecule has 4 aromatic rings. The first-order valence-electron chi connectivity index (χ1n) is 13.4. The molecule has 0 fully saturated rings. The van der Waals surface area contributed by atoms with E-state index in [2.05, 4.69) is 92.0 Å². The molecular weight excluding hydrogens is 492 g/mol. The number of halogens is 1. The second-order valence-corrected chi connectivity index (χ2v) is 11.2. The second-order valence-electron chi connectivity index (χ2n) is 10.8. The number of hydrogen-bond donors (Lipinski definition) is 2. The van der Waals surface area contributed by atoms with Crippen LogP contribution >= 0.6 is 11.6 Å². The predicted molar refractivity (Wildman–Crippen MR) is 156 cm³/mol. The van der Waals surface area contributed by atoms with Crippen molar-refractivity contribution in [2.45, 2.75) is 64.1 Å². The van der Waals surface area contributed by atoms with Crippen molar-refractivity contribution in [2.24, 2.45) is 0 Å². The molecular formula is C32H35ClN4O. The van der Waals surface area contributed by atoms with E-state index in [-0.39, 0.29) is 17.5 Å². The summed E-state index contributed by atoms with van der Waals surface area (Å²) in [7, 11) is 0. The van der Waals surface area contributed by atoms with E-state index < -0.39 is 5.54 Å². The third kappa shape index (κ3) is 4.83. The molecule has 0 spiro atoms. The zero-order valence-corrected chi connectivity index (χ0v) is 23.2. The van der Waals surface area contributed by atoms with Gasteiger partial charge in [-0.1, -0.05) is 92.2 Å². The summed E-state index contributed by atoms with van der Waals surface area (Å²) in [4.78, 5) is 13.8. The van der Waals surface area contributed by atoms with Gasteiger partial charge in [-0.15, -0.1) is 0 Å². The van der Waals surface area contributed by atoms with Gasteiger partial charge in [-0.25, -0.2) is 4.68 Å². The Labute approximate surface area is 230 Å². The molecule has 0 saturated carbocycles. The molecule has 196 valence electrons. The van der Waals surface area contributed by atoms with Crippen molar-refractivity contribution in [2.75, 3.05) is 5.32 Å². The molecule has 6 heteroatoms. The summed E-state index contributed by atoms with van der Waals surface area (Å²) in [5, 5.41) is 12.4. The minimum Gasteiger partial charge on any atom is -0.363 e. The van der Waals surface area contributed by atoms with Crippen molar-refractivity contribution in [3.05, 3.63) is 107 Å². The van der Waals surface area contributed by atoms with E-state index in [0.717, 1.165) is 46.8 Å². The Morgan fingerprint density at radius 2 is 1.61 bits per heavy atom. The lowest BCUT2D eigenvalue weighted by Crippen LogP contribution is -2.45. The number of nitrogens with zero attached hydrogens (tertiary/aromatic N) is 2. The molecule has 1 unspecified atom stereocenters. The topological polar surface area (TPSA) is 59.0 Å². The van der Waals surface area contributed by atoms with Crippen LogP contribution < -0.4 is 10.6 Å². The van der Waals surface area contributed by atoms with Gasteiger partial charge >= 0.3 is 0 Å². The van der Waals surface area contributed by atoms with Gasteiger partial charge in [0.05, 0.1) is 23.3 Å². The molecule has 1 aromatic heterocycles. The minimum atomic E-state index is -0.493. The predicted octanol–water partition coefficient (Wildman–Crippen LogP) is 7.94. The Bertz CT molecular complexity index is 1400. The highest BCUT2D eigenvalue weighted by molar-refractivity contribution is 6.30. The van der Waals surface area contributed by atoms with E-state index >= 15 is 0 Å². The van der Waals surface area contributed by atoms with Crippen molar-refractivity contribution in [3.63, 3.8) is 0 Å². The quantitative estimate of drug-likeness (QED) is 0.257. The lowest BCUT2D eigenvalue weighted by molar-refractivity contribution is 0.0890. The first-order chi connectivity index (χ1) is 18.3. The standard InChI is InChI=1S/C32H35ClN4O/c1-5-32(6-2,25-16-12-22(13-17-25)23-14-18-26(33)19-15-23)36-30(38)27-21-34-37-29(27)35-28(20-31(37,3)4)24-10-8-7-9-11-24/h7-19,21,28,35H,5-6,20H2,1-4H3,(H,36,38). The molecule has 1 atom stereocenters. The van der Waals surface area contributed by atoms with Gasteiger partial charge in [0.25, 0.3) is 5.91 Å². The van der Waals surface area contributed by atoms with Gasteiger partial charge in [0.15, 0.2) is 0 Å². The molecule has 0 radical (unpaired) electrons. The van der Waals surface area contributed by atoms with E-state index in [1.165, 1.54) is 5.56 Å². The Morgan fingerprint density at radius 1 is 1.00 bits per heavy atom. The maximum absolute atomic E-state index is 13.8. The normalized spacial score (nSPS) is 16.4. The fourth-order valence-corrected chi connectivity index (χ4v) is 5.74. The van der Waals surface area contributed by atoms with Crippen LogP contribution in [0.3, 0.4) is 0 Å². The van der Waals surface area contributed by atoms with Crippen molar-refractivity contribution < 1.29 is 4.79 Å². The minimum absolute atomic E-state index is 0.101. The molecule has 1 amide bonds. The summed E-state index contributed by atoms with van der Waals surface area (Å²) in [5.74, 6) is 0.653. The number of fused-ring (bicyclic) bond motifs is 1. The zero-order chi connectivity index (χ0) is 26.9. The molecule has 2 heterocycles. The van der Waals surface area contributed by atoms with Gasteiger partial charge in [0.1, 0.15) is 11.4 Å². The van der Waals surface area contributed by atoms with E-state index in [4.69, 9.17) is 11.6 Å². The molecule has 1 aliphatic rings. The zero-order valence-electron chi connectivity index (χ0n) is 22.5. The third-order valence-electron chi connectivity index (χ3n) is 7.98. The highest BCUT2D eigenvalue weighted by atomic mass is 35.5. The Balaban J connectivity index is 1.43. The summed E-state index contributed by atoms with van der Waals surface area (Å²) >= 11 is 6.06. The number of hydrogen-bond acceptors (Lipinski definition) is 3. The molecule has 5 rings (SSSR count). The third-order valence-corrected chi connectivity index (χ3v) is 8.23. The fraction of sp³-hybridized carbons (Fsp3) is 0.312. The number of benzene rings is 3. The summed E-state index contributed by atoms with van der Waals surface area (Å²) in [5.41, 5.74) is 4.36. The van der Waals surface area contributed by atoms with E-state index in [9.17, 15) is 4.79 Å². The molecule has 0 bridgehead atoms. The first kappa shape index (κ1) is 26.1. The number of rotatable bonds is 7. The van der Waals surface area contributed by atoms with Crippen molar-refractivity contribution in [3.8, 4) is 11.1 Å². The van der Waals surface area contributed by atoms with Gasteiger partial charge in [-0.3, -0.25) is 4.79 Å². The van der Waals surface area contributed by atoms with E-state index in [1.807, 2.05) is 35.0 Å². The Morgan fingerprint density at radius 3 is 2.21 bits per heavy atom. The number of carbonyl (C=O) groups is 1. The van der Waals surface area contributed by atoms with Gasteiger partial charge < -0.3 is 10.6 Å². The summed E-state index contributed by atoms with van der Waals surface area (Å²) in [6.07, 6.45) is 4.11. The smallest absolute Gasteiger partial charge is 0.257 e. The first-order valence-corrected chi connectivity index (χ1v) is 13.7. The Kier molecular flexibility index (Phi) is 7.06. The molecule has 0 saturated heterocycles. The number of anilines is 1. The molecule has 38 heavy (non-hydrogen) atoms. The summed E-state index contributed by atoms with van der Waals surface area (Å²) in [6.45, 7) is 8.59. The van der Waals surface area contributed by atoms with Crippen molar-refractivity contribution >= 4 is 23.3 Å². The lowest BCUT2D eigenvalue weighted by Gasteiger charge is -2.38. The monoisotopic (exact) mass is 526 g/mol. The van der Waals surface area contributed by atoms with Crippen LogP contribution in [0.2, 0.25) is 5.02 Å². The van der Waals surface area contributed by atoms with Gasteiger partial charge in [0, 0.05) is 5.02 Å². The maximum Gasteiger partial charge on any atom is 0.257 e. The van der Waals surface area contributed by atoms with Crippen LogP contribution in [0.1, 0.15) is 74.5 Å². The molecule has 2 N–H and O–H groups in total. The molecule has 5 nitrogen and oxygen atoms in total. The number of aromatic nitrogens is 2. The van der Waals surface area contributed by atoms with Crippen LogP contribution in [0.25, 0.3) is 11.1 Å². The highest BCUT2D eigenvalue weighted by Gasteiger charge is 2.38. The summed E-state index contributed by atoms with van der Waals surface area (Å²) in [6, 6.07) is 26.8.